The molecular formula is C23H22O4. The summed E-state index contributed by atoms with van der Waals surface area (Å²) < 4.78 is 4.68. The number of ether oxygens (including phenoxy) is 1. The van der Waals surface area contributed by atoms with Crippen LogP contribution < -0.4 is 0 Å². The standard InChI is InChI=1S/C18H12.C5H10O4/c1-3-7-15-13(5-1)9-11-18-16-8-4-2-6-14(16)10-12-17(15)18;6-2-4-3(7)1-5(8)9-4/h1-12H;3-8H,1-2H2/t;3-,4+,5?/m.0/s1. The van der Waals surface area contributed by atoms with Crippen molar-refractivity contribution in [1.29, 1.82) is 0 Å². The van der Waals surface area contributed by atoms with Gasteiger partial charge in [0.05, 0.1) is 12.7 Å². The average Bonchev–Trinajstić information content (AvgIpc) is 3.05. The number of benzene rings is 4. The van der Waals surface area contributed by atoms with Gasteiger partial charge in [-0.25, -0.2) is 0 Å². The Morgan fingerprint density at radius 3 is 1.63 bits per heavy atom. The lowest BCUT2D eigenvalue weighted by Gasteiger charge is -2.08. The minimum Gasteiger partial charge on any atom is -0.394 e. The third-order valence-corrected chi connectivity index (χ3v) is 5.04. The van der Waals surface area contributed by atoms with Crippen molar-refractivity contribution in [3.05, 3.63) is 72.8 Å². The van der Waals surface area contributed by atoms with Crippen molar-refractivity contribution in [2.45, 2.75) is 24.9 Å². The van der Waals surface area contributed by atoms with Crippen LogP contribution in [0.3, 0.4) is 0 Å². The molecule has 27 heavy (non-hydrogen) atoms. The van der Waals surface area contributed by atoms with E-state index in [-0.39, 0.29) is 13.0 Å². The summed E-state index contributed by atoms with van der Waals surface area (Å²) >= 11 is 0. The highest BCUT2D eigenvalue weighted by Gasteiger charge is 2.31. The SMILES string of the molecule is OC[C@H]1OC(O)C[C@@H]1O.c1ccc2c(c1)ccc1c3ccccc3ccc21. The van der Waals surface area contributed by atoms with Gasteiger partial charge in [0.2, 0.25) is 0 Å². The molecule has 1 heterocycles. The third kappa shape index (κ3) is 3.53. The highest BCUT2D eigenvalue weighted by atomic mass is 16.6. The summed E-state index contributed by atoms with van der Waals surface area (Å²) in [5.74, 6) is 0. The van der Waals surface area contributed by atoms with E-state index in [0.29, 0.717) is 0 Å². The normalized spacial score (nSPS) is 22.1. The molecule has 4 nitrogen and oxygen atoms in total. The van der Waals surface area contributed by atoms with Crippen LogP contribution in [0.2, 0.25) is 0 Å². The summed E-state index contributed by atoms with van der Waals surface area (Å²) in [4.78, 5) is 0. The fraction of sp³-hybridized carbons (Fsp3) is 0.217. The minimum atomic E-state index is -0.905. The summed E-state index contributed by atoms with van der Waals surface area (Å²) in [5.41, 5.74) is 0. The molecule has 3 N–H and O–H groups in total. The summed E-state index contributed by atoms with van der Waals surface area (Å²) in [6.07, 6.45) is -2.02. The number of aliphatic hydroxyl groups excluding tert-OH is 3. The van der Waals surface area contributed by atoms with E-state index in [9.17, 15) is 0 Å². The Kier molecular flexibility index (Phi) is 5.05. The number of rotatable bonds is 1. The molecule has 1 saturated heterocycles. The second-order valence-corrected chi connectivity index (χ2v) is 6.78. The van der Waals surface area contributed by atoms with Gasteiger partial charge in [0, 0.05) is 6.42 Å². The first-order valence-electron chi connectivity index (χ1n) is 9.09. The Morgan fingerprint density at radius 2 is 1.22 bits per heavy atom. The number of aliphatic hydroxyl groups is 3. The molecule has 0 spiro atoms. The first-order valence-corrected chi connectivity index (χ1v) is 9.09. The zero-order valence-corrected chi connectivity index (χ0v) is 14.8. The van der Waals surface area contributed by atoms with E-state index in [1.807, 2.05) is 0 Å². The molecule has 0 aliphatic carbocycles. The molecule has 1 unspecified atom stereocenters. The van der Waals surface area contributed by atoms with Crippen molar-refractivity contribution in [2.75, 3.05) is 6.61 Å². The molecular weight excluding hydrogens is 340 g/mol. The number of hydrogen-bond donors (Lipinski definition) is 3. The molecule has 0 saturated carbocycles. The fourth-order valence-electron chi connectivity index (χ4n) is 3.64. The Morgan fingerprint density at radius 1 is 0.704 bits per heavy atom. The van der Waals surface area contributed by atoms with E-state index >= 15 is 0 Å². The Hall–Kier alpha value is -2.50. The van der Waals surface area contributed by atoms with Gasteiger partial charge < -0.3 is 20.1 Å². The molecule has 0 aromatic heterocycles. The molecule has 4 aromatic carbocycles. The van der Waals surface area contributed by atoms with Gasteiger partial charge in [-0.1, -0.05) is 72.8 Å². The molecule has 1 aliphatic heterocycles. The van der Waals surface area contributed by atoms with Crippen LogP contribution in [0.5, 0.6) is 0 Å². The molecule has 4 heteroatoms. The molecule has 0 bridgehead atoms. The van der Waals surface area contributed by atoms with Crippen LogP contribution >= 0.6 is 0 Å². The lowest BCUT2D eigenvalue weighted by Crippen LogP contribution is -2.24. The predicted octanol–water partition coefficient (Wildman–Crippen LogP) is 3.59. The molecule has 4 aromatic rings. The van der Waals surface area contributed by atoms with E-state index in [1.165, 1.54) is 32.3 Å². The lowest BCUT2D eigenvalue weighted by atomic mass is 9.97. The maximum absolute atomic E-state index is 8.91. The van der Waals surface area contributed by atoms with Crippen LogP contribution in [0.1, 0.15) is 6.42 Å². The largest absolute Gasteiger partial charge is 0.394 e. The van der Waals surface area contributed by atoms with Crippen molar-refractivity contribution < 1.29 is 20.1 Å². The topological polar surface area (TPSA) is 69.9 Å². The zero-order valence-electron chi connectivity index (χ0n) is 14.8. The van der Waals surface area contributed by atoms with Crippen molar-refractivity contribution in [3.8, 4) is 0 Å². The highest BCUT2D eigenvalue weighted by molar-refractivity contribution is 6.17. The summed E-state index contributed by atoms with van der Waals surface area (Å²) in [5, 5.41) is 34.0. The predicted molar refractivity (Wildman–Crippen MR) is 108 cm³/mol. The van der Waals surface area contributed by atoms with Gasteiger partial charge in [-0.2, -0.15) is 0 Å². The fourth-order valence-corrected chi connectivity index (χ4v) is 3.64. The highest BCUT2D eigenvalue weighted by Crippen LogP contribution is 2.30. The van der Waals surface area contributed by atoms with Gasteiger partial charge in [-0.05, 0) is 32.3 Å². The second-order valence-electron chi connectivity index (χ2n) is 6.78. The Bertz CT molecular complexity index is 1000. The Balaban J connectivity index is 0.000000170. The third-order valence-electron chi connectivity index (χ3n) is 5.04. The van der Waals surface area contributed by atoms with Crippen LogP contribution in [-0.2, 0) is 4.74 Å². The average molecular weight is 362 g/mol. The smallest absolute Gasteiger partial charge is 0.157 e. The molecule has 1 aliphatic rings. The molecule has 1 fully saturated rings. The van der Waals surface area contributed by atoms with Gasteiger partial charge >= 0.3 is 0 Å². The monoisotopic (exact) mass is 362 g/mol. The maximum Gasteiger partial charge on any atom is 0.157 e. The lowest BCUT2D eigenvalue weighted by molar-refractivity contribution is -0.107. The van der Waals surface area contributed by atoms with Crippen LogP contribution in [0.25, 0.3) is 32.3 Å². The van der Waals surface area contributed by atoms with E-state index in [0.717, 1.165) is 0 Å². The van der Waals surface area contributed by atoms with Gasteiger partial charge in [0.1, 0.15) is 6.10 Å². The number of hydrogen-bond acceptors (Lipinski definition) is 4. The second kappa shape index (κ2) is 7.62. The van der Waals surface area contributed by atoms with E-state index in [4.69, 9.17) is 15.3 Å². The van der Waals surface area contributed by atoms with Crippen LogP contribution in [0, 0.1) is 0 Å². The Labute approximate surface area is 157 Å². The molecule has 0 radical (unpaired) electrons. The molecule has 138 valence electrons. The van der Waals surface area contributed by atoms with Crippen molar-refractivity contribution in [1.82, 2.24) is 0 Å². The first kappa shape index (κ1) is 17.9. The van der Waals surface area contributed by atoms with Gasteiger partial charge in [0.25, 0.3) is 0 Å². The number of fused-ring (bicyclic) bond motifs is 5. The van der Waals surface area contributed by atoms with Crippen molar-refractivity contribution in [2.24, 2.45) is 0 Å². The van der Waals surface area contributed by atoms with Crippen molar-refractivity contribution in [3.63, 3.8) is 0 Å². The van der Waals surface area contributed by atoms with Gasteiger partial charge in [-0.3, -0.25) is 0 Å². The maximum atomic E-state index is 8.91. The molecule has 3 atom stereocenters. The van der Waals surface area contributed by atoms with E-state index < -0.39 is 18.5 Å². The minimum absolute atomic E-state index is 0.200. The van der Waals surface area contributed by atoms with Crippen LogP contribution in [0.15, 0.2) is 72.8 Å². The summed E-state index contributed by atoms with van der Waals surface area (Å²) in [6.45, 7) is -0.238. The molecule has 0 amide bonds. The van der Waals surface area contributed by atoms with Gasteiger partial charge in [0.15, 0.2) is 6.29 Å². The summed E-state index contributed by atoms with van der Waals surface area (Å²) in [6, 6.07) is 26.0. The zero-order chi connectivity index (χ0) is 18.8. The van der Waals surface area contributed by atoms with Crippen molar-refractivity contribution >= 4 is 32.3 Å². The molecule has 5 rings (SSSR count). The van der Waals surface area contributed by atoms with Crippen LogP contribution in [0.4, 0.5) is 0 Å². The summed E-state index contributed by atoms with van der Waals surface area (Å²) in [7, 11) is 0. The quantitative estimate of drug-likeness (QED) is 0.453. The first-order chi connectivity index (χ1) is 13.2. The van der Waals surface area contributed by atoms with Crippen LogP contribution in [-0.4, -0.2) is 40.4 Å². The van der Waals surface area contributed by atoms with E-state index in [1.54, 1.807) is 0 Å². The van der Waals surface area contributed by atoms with Gasteiger partial charge in [-0.15, -0.1) is 0 Å². The van der Waals surface area contributed by atoms with E-state index in [2.05, 4.69) is 77.5 Å².